The number of hydrogen-bond donors (Lipinski definition) is 1. The molecule has 30 heavy (non-hydrogen) atoms. The number of rotatable bonds is 2. The zero-order valence-electron chi connectivity index (χ0n) is 16.1. The number of carbonyl (C=O) groups is 1. The summed E-state index contributed by atoms with van der Waals surface area (Å²) in [4.78, 5) is 30.6. The van der Waals surface area contributed by atoms with Crippen molar-refractivity contribution in [3.05, 3.63) is 53.2 Å². The second-order valence-corrected chi connectivity index (χ2v) is 7.23. The van der Waals surface area contributed by atoms with Gasteiger partial charge in [0.2, 0.25) is 0 Å². The van der Waals surface area contributed by atoms with Crippen molar-refractivity contribution in [2.24, 2.45) is 0 Å². The lowest BCUT2D eigenvalue weighted by molar-refractivity contribution is -0.136. The average Bonchev–Trinajstić information content (AvgIpc) is 2.72. The molecule has 0 aliphatic carbocycles. The van der Waals surface area contributed by atoms with Crippen molar-refractivity contribution in [3.8, 4) is 0 Å². The topological polar surface area (TPSA) is 97.9 Å². The van der Waals surface area contributed by atoms with Gasteiger partial charge < -0.3 is 10.6 Å². The Morgan fingerprint density at radius 2 is 1.90 bits per heavy atom. The second-order valence-electron chi connectivity index (χ2n) is 7.23. The maximum absolute atomic E-state index is 13.7. The van der Waals surface area contributed by atoms with E-state index >= 15 is 0 Å². The zero-order valence-corrected chi connectivity index (χ0v) is 16.1. The third kappa shape index (κ3) is 3.77. The lowest BCUT2D eigenvalue weighted by atomic mass is 9.91. The third-order valence-electron chi connectivity index (χ3n) is 5.22. The molecular formula is C20H19F3N6O. The molecule has 4 rings (SSSR count). The van der Waals surface area contributed by atoms with Crippen LogP contribution in [0, 0.1) is 6.92 Å². The fraction of sp³-hybridized carbons (Fsp3) is 0.350. The molecule has 4 heterocycles. The molecule has 3 aromatic heterocycles. The molecule has 1 saturated heterocycles. The number of fused-ring (bicyclic) bond motifs is 1. The first-order valence-corrected chi connectivity index (χ1v) is 9.46. The van der Waals surface area contributed by atoms with E-state index in [-0.39, 0.29) is 34.5 Å². The monoisotopic (exact) mass is 416 g/mol. The van der Waals surface area contributed by atoms with Crippen molar-refractivity contribution in [3.63, 3.8) is 0 Å². The van der Waals surface area contributed by atoms with Gasteiger partial charge in [0.15, 0.2) is 5.65 Å². The van der Waals surface area contributed by atoms with Gasteiger partial charge in [0.05, 0.1) is 10.9 Å². The van der Waals surface area contributed by atoms with E-state index in [1.165, 1.54) is 0 Å². The minimum absolute atomic E-state index is 0.0585. The molecule has 0 spiro atoms. The highest BCUT2D eigenvalue weighted by Gasteiger charge is 2.36. The van der Waals surface area contributed by atoms with Crippen LogP contribution in [0.2, 0.25) is 0 Å². The lowest BCUT2D eigenvalue weighted by Crippen LogP contribution is -2.38. The predicted molar refractivity (Wildman–Crippen MR) is 104 cm³/mol. The van der Waals surface area contributed by atoms with Crippen molar-refractivity contribution < 1.29 is 18.0 Å². The minimum Gasteiger partial charge on any atom is -0.383 e. The molecule has 1 amide bonds. The van der Waals surface area contributed by atoms with Gasteiger partial charge in [-0.05, 0) is 38.0 Å². The number of alkyl halides is 3. The largest absolute Gasteiger partial charge is 0.417 e. The summed E-state index contributed by atoms with van der Waals surface area (Å²) in [5.41, 5.74) is 5.46. The van der Waals surface area contributed by atoms with Gasteiger partial charge in [-0.25, -0.2) is 15.0 Å². The number of anilines is 1. The summed E-state index contributed by atoms with van der Waals surface area (Å²) in [7, 11) is 0. The van der Waals surface area contributed by atoms with Gasteiger partial charge >= 0.3 is 6.18 Å². The molecule has 1 fully saturated rings. The van der Waals surface area contributed by atoms with Crippen LogP contribution in [0.1, 0.15) is 46.3 Å². The minimum atomic E-state index is -4.61. The smallest absolute Gasteiger partial charge is 0.383 e. The van der Waals surface area contributed by atoms with Crippen LogP contribution in [-0.2, 0) is 6.18 Å². The Bertz CT molecular complexity index is 1100. The summed E-state index contributed by atoms with van der Waals surface area (Å²) in [6, 6.07) is 6.14. The first-order valence-electron chi connectivity index (χ1n) is 9.46. The Hall–Kier alpha value is -3.30. The number of nitrogens with two attached hydrogens (primary N) is 1. The van der Waals surface area contributed by atoms with Crippen molar-refractivity contribution in [1.82, 2.24) is 24.8 Å². The van der Waals surface area contributed by atoms with Crippen LogP contribution < -0.4 is 5.73 Å². The van der Waals surface area contributed by atoms with E-state index < -0.39 is 11.7 Å². The molecule has 0 saturated carbocycles. The van der Waals surface area contributed by atoms with Crippen molar-refractivity contribution in [1.29, 1.82) is 0 Å². The predicted octanol–water partition coefficient (Wildman–Crippen LogP) is 3.35. The number of hydrogen-bond acceptors (Lipinski definition) is 6. The Balaban J connectivity index is 1.62. The molecule has 0 radical (unpaired) electrons. The van der Waals surface area contributed by atoms with E-state index in [1.807, 2.05) is 0 Å². The summed E-state index contributed by atoms with van der Waals surface area (Å²) in [6.45, 7) is 2.37. The molecule has 0 atom stereocenters. The van der Waals surface area contributed by atoms with E-state index in [0.29, 0.717) is 37.3 Å². The first kappa shape index (κ1) is 20.0. The highest BCUT2D eigenvalue weighted by atomic mass is 19.4. The maximum atomic E-state index is 13.7. The maximum Gasteiger partial charge on any atom is 0.417 e. The van der Waals surface area contributed by atoms with Crippen molar-refractivity contribution >= 4 is 22.8 Å². The van der Waals surface area contributed by atoms with Crippen LogP contribution in [0.15, 0.2) is 30.5 Å². The van der Waals surface area contributed by atoms with Gasteiger partial charge in [-0.3, -0.25) is 9.78 Å². The van der Waals surface area contributed by atoms with Gasteiger partial charge in [0.1, 0.15) is 17.3 Å². The molecule has 10 heteroatoms. The SMILES string of the molecule is Cc1nc(N)c2c(C(F)(F)F)cc(C3CCN(C(=O)c4ccccn4)CC3)nc2n1. The molecule has 3 aromatic rings. The fourth-order valence-electron chi connectivity index (χ4n) is 3.76. The fourth-order valence-corrected chi connectivity index (χ4v) is 3.76. The zero-order chi connectivity index (χ0) is 21.5. The molecule has 156 valence electrons. The summed E-state index contributed by atoms with van der Waals surface area (Å²) < 4.78 is 41.1. The Labute approximate surface area is 170 Å². The number of piperidine rings is 1. The molecular weight excluding hydrogens is 397 g/mol. The van der Waals surface area contributed by atoms with Crippen LogP contribution in [0.5, 0.6) is 0 Å². The highest BCUT2D eigenvalue weighted by Crippen LogP contribution is 2.39. The highest BCUT2D eigenvalue weighted by molar-refractivity contribution is 5.92. The van der Waals surface area contributed by atoms with Gasteiger partial charge in [-0.1, -0.05) is 6.07 Å². The van der Waals surface area contributed by atoms with E-state index in [2.05, 4.69) is 19.9 Å². The van der Waals surface area contributed by atoms with Gasteiger partial charge in [0.25, 0.3) is 5.91 Å². The number of amides is 1. The second kappa shape index (κ2) is 7.51. The van der Waals surface area contributed by atoms with E-state index in [9.17, 15) is 18.0 Å². The van der Waals surface area contributed by atoms with Crippen LogP contribution in [-0.4, -0.2) is 43.8 Å². The molecule has 0 bridgehead atoms. The summed E-state index contributed by atoms with van der Waals surface area (Å²) >= 11 is 0. The summed E-state index contributed by atoms with van der Waals surface area (Å²) in [5, 5.41) is -0.278. The van der Waals surface area contributed by atoms with Crippen LogP contribution in [0.25, 0.3) is 11.0 Å². The van der Waals surface area contributed by atoms with E-state index in [0.717, 1.165) is 6.07 Å². The molecule has 7 nitrogen and oxygen atoms in total. The van der Waals surface area contributed by atoms with E-state index in [1.54, 1.807) is 36.2 Å². The number of nitrogen functional groups attached to an aromatic ring is 1. The Morgan fingerprint density at radius 3 is 2.53 bits per heavy atom. The summed E-state index contributed by atoms with van der Waals surface area (Å²) in [5.74, 6) is -0.388. The number of pyridine rings is 2. The van der Waals surface area contributed by atoms with Crippen LogP contribution in [0.3, 0.4) is 0 Å². The normalized spacial score (nSPS) is 15.5. The van der Waals surface area contributed by atoms with Crippen LogP contribution >= 0.6 is 0 Å². The standard InChI is InChI=1S/C20H19F3N6O/c1-11-26-17(24)16-13(20(21,22)23)10-15(28-18(16)27-11)12-5-8-29(9-6-12)19(30)14-4-2-3-7-25-14/h2-4,7,10,12H,5-6,8-9H2,1H3,(H2,24,26,27,28). The van der Waals surface area contributed by atoms with Crippen molar-refractivity contribution in [2.45, 2.75) is 31.9 Å². The third-order valence-corrected chi connectivity index (χ3v) is 5.22. The van der Waals surface area contributed by atoms with Gasteiger partial charge in [-0.2, -0.15) is 13.2 Å². The molecule has 1 aliphatic heterocycles. The van der Waals surface area contributed by atoms with Gasteiger partial charge in [-0.15, -0.1) is 0 Å². The van der Waals surface area contributed by atoms with Crippen molar-refractivity contribution in [2.75, 3.05) is 18.8 Å². The average molecular weight is 416 g/mol. The molecule has 0 unspecified atom stereocenters. The molecule has 0 aromatic carbocycles. The Morgan fingerprint density at radius 1 is 1.17 bits per heavy atom. The lowest BCUT2D eigenvalue weighted by Gasteiger charge is -2.31. The van der Waals surface area contributed by atoms with E-state index in [4.69, 9.17) is 5.73 Å². The number of halogens is 3. The number of aryl methyl sites for hydroxylation is 1. The first-order chi connectivity index (χ1) is 14.2. The number of carbonyl (C=O) groups excluding carboxylic acids is 1. The Kier molecular flexibility index (Phi) is 5.00. The number of nitrogens with zero attached hydrogens (tertiary/aromatic N) is 5. The quantitative estimate of drug-likeness (QED) is 0.688. The number of likely N-dealkylation sites (tertiary alicyclic amines) is 1. The van der Waals surface area contributed by atoms with Crippen LogP contribution in [0.4, 0.5) is 19.0 Å². The van der Waals surface area contributed by atoms with Gasteiger partial charge in [0, 0.05) is 30.9 Å². The molecule has 2 N–H and O–H groups in total. The number of aromatic nitrogens is 4. The molecule has 1 aliphatic rings. The summed E-state index contributed by atoms with van der Waals surface area (Å²) in [6.07, 6.45) is -2.08.